The first-order chi connectivity index (χ1) is 7.44. The number of hydrogen-bond donors (Lipinski definition) is 1. The standard InChI is InChI=1S/C8H15N3O4S/c1-11(16(13,14)6-3-9)7-8(12)10-4-5-15-2/h4-7H2,1-2H3,(H,10,12). The highest BCUT2D eigenvalue weighted by molar-refractivity contribution is 7.89. The van der Waals surface area contributed by atoms with Crippen LogP contribution in [0, 0.1) is 11.3 Å². The summed E-state index contributed by atoms with van der Waals surface area (Å²) in [6.45, 7) is 0.385. The molecule has 0 aromatic rings. The molecule has 0 unspecified atom stereocenters. The van der Waals surface area contributed by atoms with Gasteiger partial charge in [0.2, 0.25) is 15.9 Å². The van der Waals surface area contributed by atoms with E-state index in [9.17, 15) is 13.2 Å². The molecular formula is C8H15N3O4S. The lowest BCUT2D eigenvalue weighted by molar-refractivity contribution is -0.121. The van der Waals surface area contributed by atoms with E-state index < -0.39 is 21.7 Å². The molecule has 0 spiro atoms. The summed E-state index contributed by atoms with van der Waals surface area (Å²) in [7, 11) is -0.908. The van der Waals surface area contributed by atoms with Gasteiger partial charge in [-0.25, -0.2) is 8.42 Å². The van der Waals surface area contributed by atoms with Gasteiger partial charge in [0.05, 0.1) is 19.2 Å². The van der Waals surface area contributed by atoms with Gasteiger partial charge in [0.25, 0.3) is 0 Å². The van der Waals surface area contributed by atoms with Crippen molar-refractivity contribution in [3.05, 3.63) is 0 Å². The molecule has 1 N–H and O–H groups in total. The van der Waals surface area contributed by atoms with Crippen molar-refractivity contribution in [2.75, 3.05) is 39.6 Å². The molecule has 0 heterocycles. The summed E-state index contributed by atoms with van der Waals surface area (Å²) >= 11 is 0. The van der Waals surface area contributed by atoms with Crippen molar-refractivity contribution in [1.82, 2.24) is 9.62 Å². The Morgan fingerprint density at radius 3 is 2.69 bits per heavy atom. The third-order valence-corrected chi connectivity index (χ3v) is 3.29. The maximum absolute atomic E-state index is 11.3. The Labute approximate surface area is 95.0 Å². The predicted octanol–water partition coefficient (Wildman–Crippen LogP) is -1.47. The highest BCUT2D eigenvalue weighted by Crippen LogP contribution is 1.96. The molecule has 0 aliphatic carbocycles. The summed E-state index contributed by atoms with van der Waals surface area (Å²) in [5.41, 5.74) is 0. The number of carbonyl (C=O) groups excluding carboxylic acids is 1. The highest BCUT2D eigenvalue weighted by atomic mass is 32.2. The van der Waals surface area contributed by atoms with E-state index in [-0.39, 0.29) is 6.54 Å². The van der Waals surface area contributed by atoms with E-state index >= 15 is 0 Å². The van der Waals surface area contributed by atoms with Crippen LogP contribution >= 0.6 is 0 Å². The monoisotopic (exact) mass is 249 g/mol. The summed E-state index contributed by atoms with van der Waals surface area (Å²) in [5.74, 6) is -1.06. The lowest BCUT2D eigenvalue weighted by atomic mass is 10.5. The van der Waals surface area contributed by atoms with Gasteiger partial charge in [0.1, 0.15) is 0 Å². The molecule has 0 rings (SSSR count). The van der Waals surface area contributed by atoms with E-state index in [1.807, 2.05) is 0 Å². The topological polar surface area (TPSA) is 99.5 Å². The van der Waals surface area contributed by atoms with Crippen molar-refractivity contribution >= 4 is 15.9 Å². The molecule has 1 amide bonds. The van der Waals surface area contributed by atoms with Gasteiger partial charge in [0.15, 0.2) is 5.75 Å². The Morgan fingerprint density at radius 2 is 2.19 bits per heavy atom. The average molecular weight is 249 g/mol. The molecule has 0 fully saturated rings. The Balaban J connectivity index is 4.10. The van der Waals surface area contributed by atoms with Gasteiger partial charge in [-0.05, 0) is 0 Å². The summed E-state index contributed by atoms with van der Waals surface area (Å²) in [4.78, 5) is 11.2. The third kappa shape index (κ3) is 5.65. The molecule has 0 aromatic heterocycles. The second-order valence-electron chi connectivity index (χ2n) is 3.01. The fraction of sp³-hybridized carbons (Fsp3) is 0.750. The minimum absolute atomic E-state index is 0.298. The fourth-order valence-corrected chi connectivity index (χ4v) is 1.54. The average Bonchev–Trinajstić information content (AvgIpc) is 2.17. The number of hydrogen-bond acceptors (Lipinski definition) is 5. The number of nitrogens with one attached hydrogen (secondary N) is 1. The van der Waals surface area contributed by atoms with Crippen LogP contribution in [0.5, 0.6) is 0 Å². The van der Waals surface area contributed by atoms with E-state index in [4.69, 9.17) is 10.00 Å². The van der Waals surface area contributed by atoms with Gasteiger partial charge in [-0.15, -0.1) is 0 Å². The van der Waals surface area contributed by atoms with Crippen molar-refractivity contribution in [3.8, 4) is 6.07 Å². The van der Waals surface area contributed by atoms with Crippen molar-refractivity contribution < 1.29 is 17.9 Å². The van der Waals surface area contributed by atoms with Crippen LogP contribution in [0.2, 0.25) is 0 Å². The Morgan fingerprint density at radius 1 is 1.56 bits per heavy atom. The number of amides is 1. The number of nitrogens with zero attached hydrogens (tertiary/aromatic N) is 2. The number of likely N-dealkylation sites (N-methyl/N-ethyl adjacent to an activating group) is 1. The molecule has 0 atom stereocenters. The van der Waals surface area contributed by atoms with E-state index in [0.29, 0.717) is 13.2 Å². The van der Waals surface area contributed by atoms with E-state index in [0.717, 1.165) is 4.31 Å². The van der Waals surface area contributed by atoms with Crippen molar-refractivity contribution in [2.24, 2.45) is 0 Å². The lowest BCUT2D eigenvalue weighted by Crippen LogP contribution is -2.40. The molecule has 92 valence electrons. The number of carbonyl (C=O) groups is 1. The van der Waals surface area contributed by atoms with Crippen LogP contribution in [0.25, 0.3) is 0 Å². The molecule has 0 saturated heterocycles. The first kappa shape index (κ1) is 14.8. The van der Waals surface area contributed by atoms with Crippen molar-refractivity contribution in [1.29, 1.82) is 5.26 Å². The second-order valence-corrected chi connectivity index (χ2v) is 5.09. The van der Waals surface area contributed by atoms with Crippen LogP contribution in [0.3, 0.4) is 0 Å². The van der Waals surface area contributed by atoms with Crippen molar-refractivity contribution in [2.45, 2.75) is 0 Å². The molecular weight excluding hydrogens is 234 g/mol. The van der Waals surface area contributed by atoms with Gasteiger partial charge >= 0.3 is 0 Å². The summed E-state index contributed by atoms with van der Waals surface area (Å²) in [6, 6.07) is 1.53. The Bertz CT molecular complexity index is 360. The summed E-state index contributed by atoms with van der Waals surface area (Å²) < 4.78 is 28.1. The zero-order chi connectivity index (χ0) is 12.6. The Hall–Kier alpha value is -1.17. The van der Waals surface area contributed by atoms with E-state index in [1.165, 1.54) is 20.2 Å². The smallest absolute Gasteiger partial charge is 0.235 e. The minimum Gasteiger partial charge on any atom is -0.383 e. The molecule has 8 heteroatoms. The fourth-order valence-electron chi connectivity index (χ4n) is 0.841. The lowest BCUT2D eigenvalue weighted by Gasteiger charge is -2.14. The van der Waals surface area contributed by atoms with Crippen molar-refractivity contribution in [3.63, 3.8) is 0 Å². The number of nitriles is 1. The number of methoxy groups -OCH3 is 1. The van der Waals surface area contributed by atoms with E-state index in [1.54, 1.807) is 0 Å². The molecule has 0 bridgehead atoms. The molecule has 0 aromatic carbocycles. The van der Waals surface area contributed by atoms with Gasteiger partial charge in [-0.1, -0.05) is 0 Å². The number of rotatable bonds is 7. The first-order valence-corrected chi connectivity index (χ1v) is 6.11. The van der Waals surface area contributed by atoms with Crippen LogP contribution < -0.4 is 5.32 Å². The van der Waals surface area contributed by atoms with Gasteiger partial charge < -0.3 is 10.1 Å². The normalized spacial score (nSPS) is 11.1. The summed E-state index contributed by atoms with van der Waals surface area (Å²) in [6.07, 6.45) is 0. The van der Waals surface area contributed by atoms with Crippen LogP contribution in [0.15, 0.2) is 0 Å². The third-order valence-electron chi connectivity index (χ3n) is 1.72. The second kappa shape index (κ2) is 7.16. The van der Waals surface area contributed by atoms with E-state index in [2.05, 4.69) is 5.32 Å². The van der Waals surface area contributed by atoms with Crippen LogP contribution in [-0.4, -0.2) is 58.2 Å². The molecule has 0 aliphatic rings. The molecule has 0 aliphatic heterocycles. The minimum atomic E-state index is -3.66. The molecule has 0 saturated carbocycles. The molecule has 7 nitrogen and oxygen atoms in total. The predicted molar refractivity (Wildman–Crippen MR) is 56.9 cm³/mol. The zero-order valence-electron chi connectivity index (χ0n) is 9.26. The van der Waals surface area contributed by atoms with Crippen LogP contribution in [0.1, 0.15) is 0 Å². The highest BCUT2D eigenvalue weighted by Gasteiger charge is 2.19. The number of sulfonamides is 1. The SMILES string of the molecule is COCCNC(=O)CN(C)S(=O)(=O)CC#N. The quantitative estimate of drug-likeness (QED) is 0.555. The van der Waals surface area contributed by atoms with Crippen LogP contribution in [-0.2, 0) is 19.6 Å². The Kier molecular flexibility index (Phi) is 6.64. The zero-order valence-corrected chi connectivity index (χ0v) is 10.1. The first-order valence-electron chi connectivity index (χ1n) is 4.50. The largest absolute Gasteiger partial charge is 0.383 e. The van der Waals surface area contributed by atoms with Gasteiger partial charge in [0, 0.05) is 20.7 Å². The van der Waals surface area contributed by atoms with Gasteiger partial charge in [-0.2, -0.15) is 9.57 Å². The van der Waals surface area contributed by atoms with Crippen LogP contribution in [0.4, 0.5) is 0 Å². The molecule has 16 heavy (non-hydrogen) atoms. The maximum atomic E-state index is 11.3. The number of ether oxygens (including phenoxy) is 1. The molecule has 0 radical (unpaired) electrons. The summed E-state index contributed by atoms with van der Waals surface area (Å²) in [5, 5.41) is 10.8. The van der Waals surface area contributed by atoms with Gasteiger partial charge in [-0.3, -0.25) is 4.79 Å². The maximum Gasteiger partial charge on any atom is 0.235 e.